The van der Waals surface area contributed by atoms with E-state index >= 15 is 0 Å². The normalized spacial score (nSPS) is 19.0. The van der Waals surface area contributed by atoms with E-state index in [9.17, 15) is 4.79 Å². The number of nitrogens with zero attached hydrogens (tertiary/aromatic N) is 1. The zero-order valence-electron chi connectivity index (χ0n) is 9.52. The first kappa shape index (κ1) is 11.1. The van der Waals surface area contributed by atoms with Crippen molar-refractivity contribution in [3.05, 3.63) is 35.4 Å². The van der Waals surface area contributed by atoms with Crippen LogP contribution in [0, 0.1) is 0 Å². The van der Waals surface area contributed by atoms with Crippen LogP contribution in [0.5, 0.6) is 0 Å². The second kappa shape index (κ2) is 4.66. The molecule has 0 radical (unpaired) electrons. The summed E-state index contributed by atoms with van der Waals surface area (Å²) in [7, 11) is 1.77. The molecule has 0 saturated heterocycles. The van der Waals surface area contributed by atoms with Gasteiger partial charge in [-0.15, -0.1) is 0 Å². The summed E-state index contributed by atoms with van der Waals surface area (Å²) < 4.78 is 0. The lowest BCUT2D eigenvalue weighted by molar-refractivity contribution is -0.135. The maximum atomic E-state index is 11.5. The molecule has 1 aliphatic carbocycles. The minimum absolute atomic E-state index is 0.129. The summed E-state index contributed by atoms with van der Waals surface area (Å²) in [6, 6.07) is 8.38. The predicted octanol–water partition coefficient (Wildman–Crippen LogP) is 1.51. The molecule has 3 nitrogen and oxygen atoms in total. The molecule has 0 spiro atoms. The van der Waals surface area contributed by atoms with Crippen molar-refractivity contribution in [2.75, 3.05) is 13.7 Å². The van der Waals surface area contributed by atoms with Crippen molar-refractivity contribution in [2.24, 2.45) is 0 Å². The maximum absolute atomic E-state index is 11.5. The smallest absolute Gasteiger partial charge is 0.248 e. The van der Waals surface area contributed by atoms with Gasteiger partial charge in [-0.2, -0.15) is 0 Å². The van der Waals surface area contributed by atoms with E-state index in [4.69, 9.17) is 5.11 Å². The molecule has 0 saturated carbocycles. The molecule has 0 heterocycles. The van der Waals surface area contributed by atoms with Crippen molar-refractivity contribution < 1.29 is 9.90 Å². The molecule has 1 N–H and O–H groups in total. The van der Waals surface area contributed by atoms with Crippen LogP contribution in [0.3, 0.4) is 0 Å². The standard InChI is InChI=1S/C13H17NO2/c1-14(13(16)9-15)12-8-4-6-10-5-2-3-7-11(10)12/h2-3,5,7,12,15H,4,6,8-9H2,1H3. The van der Waals surface area contributed by atoms with Crippen LogP contribution >= 0.6 is 0 Å². The van der Waals surface area contributed by atoms with E-state index < -0.39 is 6.61 Å². The SMILES string of the molecule is CN(C(=O)CO)C1CCCc2ccccc21. The summed E-state index contributed by atoms with van der Waals surface area (Å²) in [5.41, 5.74) is 2.56. The van der Waals surface area contributed by atoms with Crippen molar-refractivity contribution in [1.29, 1.82) is 0 Å². The number of aryl methyl sites for hydroxylation is 1. The molecule has 0 bridgehead atoms. The highest BCUT2D eigenvalue weighted by Crippen LogP contribution is 2.33. The summed E-state index contributed by atoms with van der Waals surface area (Å²) in [6.45, 7) is -0.408. The summed E-state index contributed by atoms with van der Waals surface area (Å²) in [5, 5.41) is 8.89. The molecule has 1 amide bonds. The number of aliphatic hydroxyl groups is 1. The van der Waals surface area contributed by atoms with Gasteiger partial charge in [0.2, 0.25) is 5.91 Å². The van der Waals surface area contributed by atoms with Crippen molar-refractivity contribution in [1.82, 2.24) is 4.90 Å². The van der Waals surface area contributed by atoms with E-state index in [2.05, 4.69) is 12.1 Å². The van der Waals surface area contributed by atoms with Gasteiger partial charge in [0.25, 0.3) is 0 Å². The number of aliphatic hydroxyl groups excluding tert-OH is 1. The van der Waals surface area contributed by atoms with Gasteiger partial charge >= 0.3 is 0 Å². The molecular weight excluding hydrogens is 202 g/mol. The Kier molecular flexibility index (Phi) is 3.25. The largest absolute Gasteiger partial charge is 0.387 e. The first-order chi connectivity index (χ1) is 7.74. The average molecular weight is 219 g/mol. The van der Waals surface area contributed by atoms with Crippen LogP contribution in [-0.2, 0) is 11.2 Å². The van der Waals surface area contributed by atoms with Gasteiger partial charge in [0.05, 0.1) is 6.04 Å². The molecule has 1 aromatic carbocycles. The van der Waals surface area contributed by atoms with Crippen molar-refractivity contribution in [3.63, 3.8) is 0 Å². The van der Waals surface area contributed by atoms with Crippen LogP contribution in [0.1, 0.15) is 30.0 Å². The van der Waals surface area contributed by atoms with Gasteiger partial charge in [0.15, 0.2) is 0 Å². The highest BCUT2D eigenvalue weighted by atomic mass is 16.3. The minimum atomic E-state index is -0.408. The number of likely N-dealkylation sites (N-methyl/N-ethyl adjacent to an activating group) is 1. The number of fused-ring (bicyclic) bond motifs is 1. The monoisotopic (exact) mass is 219 g/mol. The Morgan fingerprint density at radius 2 is 2.25 bits per heavy atom. The van der Waals surface area contributed by atoms with Gasteiger partial charge in [-0.1, -0.05) is 24.3 Å². The summed E-state index contributed by atoms with van der Waals surface area (Å²) in [6.07, 6.45) is 3.18. The lowest BCUT2D eigenvalue weighted by Crippen LogP contribution is -2.35. The Morgan fingerprint density at radius 1 is 1.50 bits per heavy atom. The highest BCUT2D eigenvalue weighted by molar-refractivity contribution is 5.77. The van der Waals surface area contributed by atoms with Crippen LogP contribution in [0.25, 0.3) is 0 Å². The molecule has 1 aliphatic rings. The van der Waals surface area contributed by atoms with E-state index in [1.54, 1.807) is 11.9 Å². The first-order valence-corrected chi connectivity index (χ1v) is 5.68. The molecule has 0 aliphatic heterocycles. The molecule has 0 aromatic heterocycles. The second-order valence-corrected chi connectivity index (χ2v) is 4.27. The van der Waals surface area contributed by atoms with Crippen LogP contribution in [0.2, 0.25) is 0 Å². The van der Waals surface area contributed by atoms with E-state index in [1.165, 1.54) is 11.1 Å². The zero-order chi connectivity index (χ0) is 11.5. The van der Waals surface area contributed by atoms with Crippen molar-refractivity contribution >= 4 is 5.91 Å². The number of benzene rings is 1. The van der Waals surface area contributed by atoms with Gasteiger partial charge in [-0.3, -0.25) is 4.79 Å². The molecule has 86 valence electrons. The number of carbonyl (C=O) groups is 1. The predicted molar refractivity (Wildman–Crippen MR) is 62.0 cm³/mol. The Bertz CT molecular complexity index is 389. The van der Waals surface area contributed by atoms with Crippen LogP contribution in [-0.4, -0.2) is 29.6 Å². The fraction of sp³-hybridized carbons (Fsp3) is 0.462. The highest BCUT2D eigenvalue weighted by Gasteiger charge is 2.25. The van der Waals surface area contributed by atoms with Crippen molar-refractivity contribution in [2.45, 2.75) is 25.3 Å². The lowest BCUT2D eigenvalue weighted by atomic mass is 9.87. The summed E-state index contributed by atoms with van der Waals surface area (Å²) in [5.74, 6) is -0.207. The molecule has 1 aromatic rings. The van der Waals surface area contributed by atoms with E-state index in [0.29, 0.717) is 0 Å². The Labute approximate surface area is 95.7 Å². The van der Waals surface area contributed by atoms with Gasteiger partial charge < -0.3 is 10.0 Å². The van der Waals surface area contributed by atoms with Crippen molar-refractivity contribution in [3.8, 4) is 0 Å². The molecule has 0 fully saturated rings. The van der Waals surface area contributed by atoms with Gasteiger partial charge in [0.1, 0.15) is 6.61 Å². The third-order valence-corrected chi connectivity index (χ3v) is 3.33. The van der Waals surface area contributed by atoms with Gasteiger partial charge in [0, 0.05) is 7.05 Å². The van der Waals surface area contributed by atoms with Gasteiger partial charge in [-0.25, -0.2) is 0 Å². The molecule has 1 unspecified atom stereocenters. The van der Waals surface area contributed by atoms with Crippen LogP contribution in [0.4, 0.5) is 0 Å². The summed E-state index contributed by atoms with van der Waals surface area (Å²) >= 11 is 0. The number of amides is 1. The Morgan fingerprint density at radius 3 is 3.00 bits per heavy atom. The lowest BCUT2D eigenvalue weighted by Gasteiger charge is -2.33. The Balaban J connectivity index is 2.28. The molecule has 2 rings (SSSR count). The Hall–Kier alpha value is -1.35. The fourth-order valence-corrected chi connectivity index (χ4v) is 2.42. The van der Waals surface area contributed by atoms with Gasteiger partial charge in [-0.05, 0) is 30.4 Å². The maximum Gasteiger partial charge on any atom is 0.248 e. The van der Waals surface area contributed by atoms with E-state index in [0.717, 1.165) is 19.3 Å². The number of carbonyl (C=O) groups excluding carboxylic acids is 1. The molecule has 16 heavy (non-hydrogen) atoms. The first-order valence-electron chi connectivity index (χ1n) is 5.68. The average Bonchev–Trinajstić information content (AvgIpc) is 2.36. The zero-order valence-corrected chi connectivity index (χ0v) is 9.52. The molecule has 1 atom stereocenters. The third kappa shape index (κ3) is 1.95. The fourth-order valence-electron chi connectivity index (χ4n) is 2.42. The number of hydrogen-bond donors (Lipinski definition) is 1. The second-order valence-electron chi connectivity index (χ2n) is 4.27. The third-order valence-electron chi connectivity index (χ3n) is 3.33. The molecule has 3 heteroatoms. The number of rotatable bonds is 2. The van der Waals surface area contributed by atoms with E-state index in [-0.39, 0.29) is 11.9 Å². The van der Waals surface area contributed by atoms with E-state index in [1.807, 2.05) is 12.1 Å². The topological polar surface area (TPSA) is 40.5 Å². The quantitative estimate of drug-likeness (QED) is 0.819. The van der Waals surface area contributed by atoms with Crippen LogP contribution < -0.4 is 0 Å². The number of hydrogen-bond acceptors (Lipinski definition) is 2. The van der Waals surface area contributed by atoms with Crippen LogP contribution in [0.15, 0.2) is 24.3 Å². The summed E-state index contributed by atoms with van der Waals surface area (Å²) in [4.78, 5) is 13.2. The minimum Gasteiger partial charge on any atom is -0.387 e. The molecular formula is C13H17NO2.